The minimum Gasteiger partial charge on any atom is -0.494 e. The van der Waals surface area contributed by atoms with E-state index in [4.69, 9.17) is 15.4 Å². The van der Waals surface area contributed by atoms with Crippen molar-refractivity contribution in [3.8, 4) is 5.75 Å². The normalized spacial score (nSPS) is 11.4. The fraction of sp³-hybridized carbons (Fsp3) is 0.455. The summed E-state index contributed by atoms with van der Waals surface area (Å²) in [5.41, 5.74) is 1.96. The van der Waals surface area contributed by atoms with Crippen LogP contribution in [0.1, 0.15) is 18.1 Å². The molecule has 0 fully saturated rings. The third kappa shape index (κ3) is 4.41. The first-order valence-corrected chi connectivity index (χ1v) is 7.55. The van der Waals surface area contributed by atoms with Gasteiger partial charge in [0.05, 0.1) is 12.4 Å². The largest absolute Gasteiger partial charge is 0.494 e. The lowest BCUT2D eigenvalue weighted by atomic mass is 10.1. The number of aryl methyl sites for hydroxylation is 2. The molecule has 0 heterocycles. The Morgan fingerprint density at radius 2 is 2.06 bits per heavy atom. The summed E-state index contributed by atoms with van der Waals surface area (Å²) in [6.45, 7) is 4.48. The molecule has 90 valence electrons. The van der Waals surface area contributed by atoms with Crippen LogP contribution in [0.25, 0.3) is 0 Å². The van der Waals surface area contributed by atoms with Gasteiger partial charge in [-0.2, -0.15) is 0 Å². The summed E-state index contributed by atoms with van der Waals surface area (Å²) in [6, 6.07) is 5.64. The summed E-state index contributed by atoms with van der Waals surface area (Å²) in [5.74, 6) is 0.794. The van der Waals surface area contributed by atoms with Crippen LogP contribution in [-0.2, 0) is 15.5 Å². The molecule has 0 atom stereocenters. The molecule has 0 aliphatic heterocycles. The molecule has 5 heteroatoms. The van der Waals surface area contributed by atoms with Crippen molar-refractivity contribution < 1.29 is 13.2 Å². The maximum Gasteiger partial charge on any atom is 0.232 e. The lowest BCUT2D eigenvalue weighted by molar-refractivity contribution is 0.338. The molecule has 3 nitrogen and oxygen atoms in total. The van der Waals surface area contributed by atoms with Gasteiger partial charge in [0, 0.05) is 10.7 Å². The van der Waals surface area contributed by atoms with Crippen LogP contribution in [0.2, 0.25) is 0 Å². The van der Waals surface area contributed by atoms with Gasteiger partial charge in [0.15, 0.2) is 0 Å². The number of hydrogen-bond acceptors (Lipinski definition) is 3. The van der Waals surface area contributed by atoms with Gasteiger partial charge in [-0.15, -0.1) is 0 Å². The topological polar surface area (TPSA) is 43.4 Å². The Labute approximate surface area is 101 Å². The highest BCUT2D eigenvalue weighted by atomic mass is 35.7. The Morgan fingerprint density at radius 1 is 1.38 bits per heavy atom. The maximum absolute atomic E-state index is 10.8. The van der Waals surface area contributed by atoms with E-state index in [9.17, 15) is 8.42 Å². The van der Waals surface area contributed by atoms with Gasteiger partial charge < -0.3 is 4.74 Å². The van der Waals surface area contributed by atoms with Crippen LogP contribution in [0, 0.1) is 6.92 Å². The highest BCUT2D eigenvalue weighted by molar-refractivity contribution is 8.13. The van der Waals surface area contributed by atoms with Gasteiger partial charge in [-0.3, -0.25) is 0 Å². The molecule has 0 aromatic heterocycles. The summed E-state index contributed by atoms with van der Waals surface area (Å²) in [6.07, 6.45) is 0.430. The van der Waals surface area contributed by atoms with Crippen molar-refractivity contribution in [3.05, 3.63) is 29.3 Å². The molecule has 0 spiro atoms. The summed E-state index contributed by atoms with van der Waals surface area (Å²) in [5, 5.41) is 0. The molecule has 0 saturated heterocycles. The van der Waals surface area contributed by atoms with Crippen molar-refractivity contribution in [2.75, 3.05) is 12.4 Å². The monoisotopic (exact) mass is 262 g/mol. The molecule has 0 radical (unpaired) electrons. The molecule has 1 aromatic rings. The first kappa shape index (κ1) is 13.3. The van der Waals surface area contributed by atoms with Crippen LogP contribution < -0.4 is 4.74 Å². The minimum atomic E-state index is -3.41. The second-order valence-electron chi connectivity index (χ2n) is 3.53. The van der Waals surface area contributed by atoms with Crippen molar-refractivity contribution in [1.82, 2.24) is 0 Å². The summed E-state index contributed by atoms with van der Waals surface area (Å²) >= 11 is 0. The van der Waals surface area contributed by atoms with E-state index in [1.807, 2.05) is 32.0 Å². The number of hydrogen-bond donors (Lipinski definition) is 0. The summed E-state index contributed by atoms with van der Waals surface area (Å²) in [4.78, 5) is 0. The van der Waals surface area contributed by atoms with Crippen LogP contribution in [0.15, 0.2) is 18.2 Å². The molecular formula is C11H15ClO3S. The lowest BCUT2D eigenvalue weighted by Crippen LogP contribution is -2.02. The average Bonchev–Trinajstić information content (AvgIpc) is 2.18. The van der Waals surface area contributed by atoms with Crippen LogP contribution in [0.3, 0.4) is 0 Å². The molecule has 0 unspecified atom stereocenters. The first-order chi connectivity index (χ1) is 7.42. The molecule has 1 rings (SSSR count). The molecule has 0 aliphatic carbocycles. The van der Waals surface area contributed by atoms with Gasteiger partial charge in [0.2, 0.25) is 9.05 Å². The average molecular weight is 263 g/mol. The summed E-state index contributed by atoms with van der Waals surface area (Å²) in [7, 11) is 1.74. The maximum atomic E-state index is 10.8. The number of ether oxygens (including phenoxy) is 1. The molecular weight excluding hydrogens is 248 g/mol. The van der Waals surface area contributed by atoms with Crippen LogP contribution >= 0.6 is 10.7 Å². The Morgan fingerprint density at radius 3 is 2.56 bits per heavy atom. The number of benzene rings is 1. The first-order valence-electron chi connectivity index (χ1n) is 5.07. The Hall–Kier alpha value is -0.740. The SMILES string of the molecule is CCOc1ccc(CCS(=O)(=O)Cl)cc1C. The Balaban J connectivity index is 2.73. The zero-order valence-corrected chi connectivity index (χ0v) is 10.9. The number of rotatable bonds is 5. The molecule has 0 N–H and O–H groups in total. The Bertz CT molecular complexity index is 454. The van der Waals surface area contributed by atoms with Gasteiger partial charge in [-0.1, -0.05) is 12.1 Å². The van der Waals surface area contributed by atoms with Crippen LogP contribution in [-0.4, -0.2) is 20.8 Å². The quantitative estimate of drug-likeness (QED) is 0.766. The standard InChI is InChI=1S/C11H15ClO3S/c1-3-15-11-5-4-10(8-9(11)2)6-7-16(12,13)14/h4-5,8H,3,6-7H2,1-2H3. The molecule has 0 bridgehead atoms. The molecule has 0 amide bonds. The predicted molar refractivity (Wildman–Crippen MR) is 65.7 cm³/mol. The number of halogens is 1. The zero-order valence-electron chi connectivity index (χ0n) is 9.36. The van der Waals surface area contributed by atoms with Gasteiger partial charge in [-0.05, 0) is 37.5 Å². The molecule has 0 aliphatic rings. The Kier molecular flexibility index (Phi) is 4.62. The van der Waals surface area contributed by atoms with Gasteiger partial charge >= 0.3 is 0 Å². The molecule has 1 aromatic carbocycles. The van der Waals surface area contributed by atoms with E-state index in [-0.39, 0.29) is 5.75 Å². The predicted octanol–water partition coefficient (Wildman–Crippen LogP) is 2.50. The molecule has 0 saturated carbocycles. The lowest BCUT2D eigenvalue weighted by Gasteiger charge is -2.08. The minimum absolute atomic E-state index is 0.0397. The fourth-order valence-corrected chi connectivity index (χ4v) is 2.14. The zero-order chi connectivity index (χ0) is 12.2. The summed E-state index contributed by atoms with van der Waals surface area (Å²) < 4.78 is 27.0. The van der Waals surface area contributed by atoms with Gasteiger partial charge in [0.1, 0.15) is 5.75 Å². The molecule has 16 heavy (non-hydrogen) atoms. The third-order valence-electron chi connectivity index (χ3n) is 2.17. The van der Waals surface area contributed by atoms with Crippen LogP contribution in [0.5, 0.6) is 5.75 Å². The van der Waals surface area contributed by atoms with E-state index >= 15 is 0 Å². The van der Waals surface area contributed by atoms with Crippen molar-refractivity contribution in [2.24, 2.45) is 0 Å². The third-order valence-corrected chi connectivity index (χ3v) is 3.33. The van der Waals surface area contributed by atoms with E-state index in [0.29, 0.717) is 13.0 Å². The smallest absolute Gasteiger partial charge is 0.232 e. The van der Waals surface area contributed by atoms with Crippen molar-refractivity contribution in [3.63, 3.8) is 0 Å². The van der Waals surface area contributed by atoms with Gasteiger partial charge in [-0.25, -0.2) is 8.42 Å². The van der Waals surface area contributed by atoms with E-state index in [1.165, 1.54) is 0 Å². The highest BCUT2D eigenvalue weighted by Gasteiger charge is 2.07. The van der Waals surface area contributed by atoms with E-state index < -0.39 is 9.05 Å². The van der Waals surface area contributed by atoms with E-state index in [2.05, 4.69) is 0 Å². The highest BCUT2D eigenvalue weighted by Crippen LogP contribution is 2.19. The van der Waals surface area contributed by atoms with E-state index in [0.717, 1.165) is 16.9 Å². The second kappa shape index (κ2) is 5.55. The van der Waals surface area contributed by atoms with Crippen molar-refractivity contribution in [2.45, 2.75) is 20.3 Å². The fourth-order valence-electron chi connectivity index (χ4n) is 1.42. The van der Waals surface area contributed by atoms with Crippen molar-refractivity contribution >= 4 is 19.7 Å². The van der Waals surface area contributed by atoms with E-state index in [1.54, 1.807) is 0 Å². The van der Waals surface area contributed by atoms with Crippen molar-refractivity contribution in [1.29, 1.82) is 0 Å². The van der Waals surface area contributed by atoms with Gasteiger partial charge in [0.25, 0.3) is 0 Å². The second-order valence-corrected chi connectivity index (χ2v) is 6.42. The van der Waals surface area contributed by atoms with Crippen LogP contribution in [0.4, 0.5) is 0 Å².